The number of amides is 1. The number of hydrogen-bond acceptors (Lipinski definition) is 2. The van der Waals surface area contributed by atoms with E-state index in [1.54, 1.807) is 0 Å². The Labute approximate surface area is 142 Å². The lowest BCUT2D eigenvalue weighted by molar-refractivity contribution is -0.141. The molecule has 1 atom stereocenters. The molecule has 1 saturated heterocycles. The van der Waals surface area contributed by atoms with Crippen molar-refractivity contribution in [1.82, 2.24) is 9.88 Å². The van der Waals surface area contributed by atoms with Gasteiger partial charge in [-0.2, -0.15) is 0 Å². The van der Waals surface area contributed by atoms with E-state index in [1.165, 1.54) is 5.56 Å². The fourth-order valence-corrected chi connectivity index (χ4v) is 3.93. The van der Waals surface area contributed by atoms with Gasteiger partial charge >= 0.3 is 0 Å². The van der Waals surface area contributed by atoms with Gasteiger partial charge in [0.15, 0.2) is 0 Å². The molecule has 1 amide bonds. The fourth-order valence-electron chi connectivity index (χ4n) is 3.93. The van der Waals surface area contributed by atoms with Crippen LogP contribution in [0.15, 0.2) is 18.3 Å². The van der Waals surface area contributed by atoms with Crippen LogP contribution < -0.4 is 0 Å². The van der Waals surface area contributed by atoms with Crippen molar-refractivity contribution < 1.29 is 13.6 Å². The maximum atomic E-state index is 13.3. The highest BCUT2D eigenvalue weighted by atomic mass is 19.3. The number of carbonyl (C=O) groups is 1. The van der Waals surface area contributed by atoms with Crippen molar-refractivity contribution in [3.8, 4) is 0 Å². The van der Waals surface area contributed by atoms with E-state index in [1.807, 2.05) is 24.1 Å². The minimum Gasteiger partial charge on any atom is -0.342 e. The molecule has 0 N–H and O–H groups in total. The number of aromatic nitrogens is 1. The third-order valence-electron chi connectivity index (χ3n) is 5.39. The molecule has 1 aliphatic heterocycles. The molecule has 1 aromatic rings. The number of hydrogen-bond donors (Lipinski definition) is 0. The van der Waals surface area contributed by atoms with Gasteiger partial charge in [0.25, 0.3) is 0 Å². The monoisotopic (exact) mass is 336 g/mol. The van der Waals surface area contributed by atoms with Gasteiger partial charge in [-0.15, -0.1) is 0 Å². The quantitative estimate of drug-likeness (QED) is 0.836. The Balaban J connectivity index is 1.55. The molecule has 5 heteroatoms. The summed E-state index contributed by atoms with van der Waals surface area (Å²) in [5, 5.41) is 0. The Kier molecular flexibility index (Phi) is 5.16. The first-order valence-electron chi connectivity index (χ1n) is 9.01. The predicted octanol–water partition coefficient (Wildman–Crippen LogP) is 4.00. The molecule has 0 spiro atoms. The van der Waals surface area contributed by atoms with Crippen molar-refractivity contribution in [3.63, 3.8) is 0 Å². The summed E-state index contributed by atoms with van der Waals surface area (Å²) in [6.45, 7) is 3.49. The molecular weight excluding hydrogens is 310 g/mol. The summed E-state index contributed by atoms with van der Waals surface area (Å²) < 4.78 is 26.6. The van der Waals surface area contributed by atoms with Gasteiger partial charge in [-0.05, 0) is 56.6 Å². The summed E-state index contributed by atoms with van der Waals surface area (Å²) >= 11 is 0. The number of carbonyl (C=O) groups excluding carboxylic acids is 1. The Hall–Kier alpha value is -1.52. The summed E-state index contributed by atoms with van der Waals surface area (Å²) in [4.78, 5) is 18.9. The van der Waals surface area contributed by atoms with Crippen molar-refractivity contribution in [2.75, 3.05) is 13.1 Å². The molecule has 2 aliphatic rings. The zero-order chi connectivity index (χ0) is 17.2. The van der Waals surface area contributed by atoms with Gasteiger partial charge in [0.2, 0.25) is 11.8 Å². The topological polar surface area (TPSA) is 33.2 Å². The van der Waals surface area contributed by atoms with Crippen LogP contribution >= 0.6 is 0 Å². The summed E-state index contributed by atoms with van der Waals surface area (Å²) in [7, 11) is 0. The molecule has 1 saturated carbocycles. The van der Waals surface area contributed by atoms with Gasteiger partial charge < -0.3 is 4.90 Å². The van der Waals surface area contributed by atoms with Crippen LogP contribution in [0.3, 0.4) is 0 Å². The number of aryl methyl sites for hydroxylation is 1. The second kappa shape index (κ2) is 7.16. The Morgan fingerprint density at radius 1 is 1.29 bits per heavy atom. The molecule has 0 radical (unpaired) electrons. The van der Waals surface area contributed by atoms with Crippen molar-refractivity contribution in [1.29, 1.82) is 0 Å². The number of pyridine rings is 1. The first-order valence-corrected chi connectivity index (χ1v) is 9.01. The highest BCUT2D eigenvalue weighted by molar-refractivity contribution is 5.79. The summed E-state index contributed by atoms with van der Waals surface area (Å²) in [6.07, 6.45) is 5.33. The normalized spacial score (nSPS) is 24.8. The van der Waals surface area contributed by atoms with E-state index in [-0.39, 0.29) is 24.7 Å². The van der Waals surface area contributed by atoms with Gasteiger partial charge in [-0.25, -0.2) is 8.78 Å². The Morgan fingerprint density at radius 2 is 2.04 bits per heavy atom. The van der Waals surface area contributed by atoms with Gasteiger partial charge in [-0.3, -0.25) is 9.78 Å². The molecule has 24 heavy (non-hydrogen) atoms. The van der Waals surface area contributed by atoms with E-state index in [4.69, 9.17) is 0 Å². The van der Waals surface area contributed by atoms with E-state index in [0.717, 1.165) is 38.0 Å². The Bertz CT molecular complexity index is 563. The molecule has 0 bridgehead atoms. The van der Waals surface area contributed by atoms with E-state index >= 15 is 0 Å². The maximum Gasteiger partial charge on any atom is 0.248 e. The molecule has 0 unspecified atom stereocenters. The lowest BCUT2D eigenvalue weighted by Gasteiger charge is -2.37. The fraction of sp³-hybridized carbons (Fsp3) is 0.684. The molecule has 132 valence electrons. The minimum absolute atomic E-state index is 0.0947. The van der Waals surface area contributed by atoms with Gasteiger partial charge in [-0.1, -0.05) is 6.07 Å². The van der Waals surface area contributed by atoms with Gasteiger partial charge in [0.05, 0.1) is 0 Å². The molecule has 0 aromatic carbocycles. The van der Waals surface area contributed by atoms with Crippen molar-refractivity contribution in [2.24, 2.45) is 11.8 Å². The standard InChI is InChI=1S/C19H26F2N2O/c1-14-4-5-15(12-22-14)11-16-3-2-10-23(13-16)18(24)17-6-8-19(20,21)9-7-17/h4-5,12,16-17H,2-3,6-11,13H2,1H3/t16-/m0/s1. The van der Waals surface area contributed by atoms with Gasteiger partial charge in [0, 0.05) is 43.7 Å². The first-order chi connectivity index (χ1) is 11.4. The Morgan fingerprint density at radius 3 is 2.71 bits per heavy atom. The third kappa shape index (κ3) is 4.31. The molecule has 1 aromatic heterocycles. The maximum absolute atomic E-state index is 13.3. The molecule has 2 heterocycles. The number of piperidine rings is 1. The van der Waals surface area contributed by atoms with Crippen LogP contribution in [0.1, 0.15) is 49.8 Å². The van der Waals surface area contributed by atoms with E-state index in [0.29, 0.717) is 18.8 Å². The van der Waals surface area contributed by atoms with Crippen LogP contribution in [0.25, 0.3) is 0 Å². The number of halogens is 2. The number of likely N-dealkylation sites (tertiary alicyclic amines) is 1. The lowest BCUT2D eigenvalue weighted by Crippen LogP contribution is -2.45. The highest BCUT2D eigenvalue weighted by Gasteiger charge is 2.39. The molecule has 3 rings (SSSR count). The molecule has 1 aliphatic carbocycles. The van der Waals surface area contributed by atoms with Gasteiger partial charge in [0.1, 0.15) is 0 Å². The summed E-state index contributed by atoms with van der Waals surface area (Å²) in [6, 6.07) is 4.12. The zero-order valence-corrected chi connectivity index (χ0v) is 14.3. The molecule has 3 nitrogen and oxygen atoms in total. The summed E-state index contributed by atoms with van der Waals surface area (Å²) in [5.41, 5.74) is 2.21. The van der Waals surface area contributed by atoms with Crippen LogP contribution in [-0.2, 0) is 11.2 Å². The second-order valence-corrected chi connectivity index (χ2v) is 7.43. The van der Waals surface area contributed by atoms with E-state index in [9.17, 15) is 13.6 Å². The second-order valence-electron chi connectivity index (χ2n) is 7.43. The highest BCUT2D eigenvalue weighted by Crippen LogP contribution is 2.37. The average Bonchev–Trinajstić information content (AvgIpc) is 2.57. The average molecular weight is 336 g/mol. The largest absolute Gasteiger partial charge is 0.342 e. The predicted molar refractivity (Wildman–Crippen MR) is 88.9 cm³/mol. The number of alkyl halides is 2. The minimum atomic E-state index is -2.57. The number of rotatable bonds is 3. The van der Waals surface area contributed by atoms with E-state index in [2.05, 4.69) is 11.1 Å². The summed E-state index contributed by atoms with van der Waals surface area (Å²) in [5.74, 6) is -2.24. The van der Waals surface area contributed by atoms with Crippen molar-refractivity contribution in [2.45, 2.75) is 57.8 Å². The van der Waals surface area contributed by atoms with E-state index < -0.39 is 5.92 Å². The van der Waals surface area contributed by atoms with Crippen LogP contribution in [0.2, 0.25) is 0 Å². The lowest BCUT2D eigenvalue weighted by atomic mass is 9.84. The van der Waals surface area contributed by atoms with Crippen LogP contribution in [0, 0.1) is 18.8 Å². The smallest absolute Gasteiger partial charge is 0.248 e. The first kappa shape index (κ1) is 17.3. The third-order valence-corrected chi connectivity index (χ3v) is 5.39. The van der Waals surface area contributed by atoms with Crippen LogP contribution in [0.4, 0.5) is 8.78 Å². The van der Waals surface area contributed by atoms with Crippen molar-refractivity contribution >= 4 is 5.91 Å². The molecular formula is C19H26F2N2O. The van der Waals surface area contributed by atoms with Crippen molar-refractivity contribution in [3.05, 3.63) is 29.6 Å². The zero-order valence-electron chi connectivity index (χ0n) is 14.3. The SMILES string of the molecule is Cc1ccc(C[C@@H]2CCCN(C(=O)C3CCC(F)(F)CC3)C2)cn1. The van der Waals surface area contributed by atoms with Crippen LogP contribution in [-0.4, -0.2) is 34.8 Å². The molecule has 2 fully saturated rings. The number of nitrogens with zero attached hydrogens (tertiary/aromatic N) is 2. The van der Waals surface area contributed by atoms with Crippen LogP contribution in [0.5, 0.6) is 0 Å².